The fourth-order valence-corrected chi connectivity index (χ4v) is 2.15. The van der Waals surface area contributed by atoms with Gasteiger partial charge < -0.3 is 14.9 Å². The Hall–Kier alpha value is -2.15. The predicted octanol–water partition coefficient (Wildman–Crippen LogP) is 1.67. The number of rotatable bonds is 4. The standard InChI is InChI=1S/C11H10N2O4S/c1-6-2-3-7(18-6)5-12-10(14)8-4-9(11(15)16)17-13-8/h2-4H,5H2,1H3,(H,12,14)(H,15,16). The number of amides is 1. The molecule has 0 aliphatic rings. The summed E-state index contributed by atoms with van der Waals surface area (Å²) < 4.78 is 4.50. The molecule has 0 saturated heterocycles. The van der Waals surface area contributed by atoms with Crippen molar-refractivity contribution in [1.29, 1.82) is 0 Å². The highest BCUT2D eigenvalue weighted by atomic mass is 32.1. The van der Waals surface area contributed by atoms with Crippen molar-refractivity contribution in [2.45, 2.75) is 13.5 Å². The number of carboxylic acid groups (broad SMARTS) is 1. The number of carbonyl (C=O) groups is 2. The van der Waals surface area contributed by atoms with Crippen molar-refractivity contribution in [2.24, 2.45) is 0 Å². The van der Waals surface area contributed by atoms with Crippen LogP contribution in [-0.2, 0) is 6.54 Å². The van der Waals surface area contributed by atoms with Gasteiger partial charge >= 0.3 is 5.97 Å². The molecule has 0 aliphatic carbocycles. The zero-order valence-electron chi connectivity index (χ0n) is 9.47. The third kappa shape index (κ3) is 2.75. The minimum absolute atomic E-state index is 0.0410. The van der Waals surface area contributed by atoms with Gasteiger partial charge in [0.15, 0.2) is 5.69 Å². The molecular formula is C11H10N2O4S. The molecule has 2 heterocycles. The van der Waals surface area contributed by atoms with Crippen LogP contribution in [0.4, 0.5) is 0 Å². The van der Waals surface area contributed by atoms with E-state index in [0.717, 1.165) is 15.8 Å². The van der Waals surface area contributed by atoms with Crippen LogP contribution in [0.3, 0.4) is 0 Å². The number of carboxylic acids is 1. The van der Waals surface area contributed by atoms with Crippen LogP contribution in [0.25, 0.3) is 0 Å². The number of aromatic carboxylic acids is 1. The number of aromatic nitrogens is 1. The van der Waals surface area contributed by atoms with Crippen molar-refractivity contribution in [2.75, 3.05) is 0 Å². The van der Waals surface area contributed by atoms with Gasteiger partial charge in [-0.25, -0.2) is 4.79 Å². The molecule has 94 valence electrons. The zero-order valence-corrected chi connectivity index (χ0v) is 10.3. The topological polar surface area (TPSA) is 92.4 Å². The molecule has 2 aromatic heterocycles. The van der Waals surface area contributed by atoms with Gasteiger partial charge in [-0.05, 0) is 19.1 Å². The summed E-state index contributed by atoms with van der Waals surface area (Å²) in [7, 11) is 0. The van der Waals surface area contributed by atoms with Crippen LogP contribution in [-0.4, -0.2) is 22.1 Å². The van der Waals surface area contributed by atoms with Gasteiger partial charge in [-0.1, -0.05) is 5.16 Å². The molecule has 0 aliphatic heterocycles. The second kappa shape index (κ2) is 5.01. The van der Waals surface area contributed by atoms with E-state index in [1.165, 1.54) is 0 Å². The molecule has 0 saturated carbocycles. The Morgan fingerprint density at radius 1 is 1.50 bits per heavy atom. The molecule has 0 radical (unpaired) electrons. The van der Waals surface area contributed by atoms with Crippen molar-refractivity contribution in [3.8, 4) is 0 Å². The number of carbonyl (C=O) groups excluding carboxylic acids is 1. The lowest BCUT2D eigenvalue weighted by atomic mass is 10.3. The van der Waals surface area contributed by atoms with E-state index < -0.39 is 11.9 Å². The normalized spacial score (nSPS) is 10.3. The molecule has 0 bridgehead atoms. The van der Waals surface area contributed by atoms with Crippen molar-refractivity contribution in [3.63, 3.8) is 0 Å². The van der Waals surface area contributed by atoms with E-state index in [2.05, 4.69) is 15.0 Å². The van der Waals surface area contributed by atoms with E-state index in [0.29, 0.717) is 6.54 Å². The van der Waals surface area contributed by atoms with Crippen molar-refractivity contribution in [1.82, 2.24) is 10.5 Å². The number of nitrogens with zero attached hydrogens (tertiary/aromatic N) is 1. The summed E-state index contributed by atoms with van der Waals surface area (Å²) in [5, 5.41) is 14.7. The van der Waals surface area contributed by atoms with Gasteiger partial charge in [0.25, 0.3) is 5.91 Å². The van der Waals surface area contributed by atoms with Gasteiger partial charge in [0.2, 0.25) is 5.76 Å². The van der Waals surface area contributed by atoms with E-state index in [1.54, 1.807) is 11.3 Å². The number of hydrogen-bond donors (Lipinski definition) is 2. The second-order valence-corrected chi connectivity index (χ2v) is 4.95. The maximum Gasteiger partial charge on any atom is 0.374 e. The molecule has 0 atom stereocenters. The fourth-order valence-electron chi connectivity index (χ4n) is 1.32. The second-order valence-electron chi connectivity index (χ2n) is 3.58. The molecule has 0 unspecified atom stereocenters. The predicted molar refractivity (Wildman–Crippen MR) is 63.7 cm³/mol. The van der Waals surface area contributed by atoms with Gasteiger partial charge in [0, 0.05) is 15.8 Å². The summed E-state index contributed by atoms with van der Waals surface area (Å²) in [6.07, 6.45) is 0. The first-order chi connectivity index (χ1) is 8.56. The molecular weight excluding hydrogens is 256 g/mol. The van der Waals surface area contributed by atoms with Crippen molar-refractivity contribution < 1.29 is 19.2 Å². The molecule has 0 spiro atoms. The van der Waals surface area contributed by atoms with Gasteiger partial charge in [-0.3, -0.25) is 4.79 Å². The Kier molecular flexibility index (Phi) is 3.42. The molecule has 1 amide bonds. The summed E-state index contributed by atoms with van der Waals surface area (Å²) >= 11 is 1.58. The Bertz CT molecular complexity index is 587. The molecule has 2 N–H and O–H groups in total. The summed E-state index contributed by atoms with van der Waals surface area (Å²) in [4.78, 5) is 24.4. The number of hydrogen-bond acceptors (Lipinski definition) is 5. The van der Waals surface area contributed by atoms with Crippen molar-refractivity contribution >= 4 is 23.2 Å². The highest BCUT2D eigenvalue weighted by Crippen LogP contribution is 2.14. The molecule has 7 heteroatoms. The third-order valence-electron chi connectivity index (χ3n) is 2.17. The molecule has 18 heavy (non-hydrogen) atoms. The SMILES string of the molecule is Cc1ccc(CNC(=O)c2cc(C(=O)O)on2)s1. The van der Waals surface area contributed by atoms with Crippen LogP contribution >= 0.6 is 11.3 Å². The average molecular weight is 266 g/mol. The van der Waals surface area contributed by atoms with Crippen LogP contribution < -0.4 is 5.32 Å². The van der Waals surface area contributed by atoms with E-state index in [1.807, 2.05) is 19.1 Å². The molecule has 0 aromatic carbocycles. The van der Waals surface area contributed by atoms with Crippen molar-refractivity contribution in [3.05, 3.63) is 39.4 Å². The number of nitrogens with one attached hydrogen (secondary N) is 1. The minimum Gasteiger partial charge on any atom is -0.475 e. The van der Waals surface area contributed by atoms with Crippen LogP contribution in [0.1, 0.15) is 30.8 Å². The molecule has 0 fully saturated rings. The smallest absolute Gasteiger partial charge is 0.374 e. The van der Waals surface area contributed by atoms with E-state index in [4.69, 9.17) is 5.11 Å². The molecule has 6 nitrogen and oxygen atoms in total. The first-order valence-corrected chi connectivity index (χ1v) is 5.91. The summed E-state index contributed by atoms with van der Waals surface area (Å²) in [6.45, 7) is 2.36. The maximum atomic E-state index is 11.6. The highest BCUT2D eigenvalue weighted by Gasteiger charge is 2.16. The molecule has 2 aromatic rings. The third-order valence-corrected chi connectivity index (χ3v) is 3.17. The Morgan fingerprint density at radius 2 is 2.28 bits per heavy atom. The summed E-state index contributed by atoms with van der Waals surface area (Å²) in [6, 6.07) is 4.98. The quantitative estimate of drug-likeness (QED) is 0.878. The number of thiophene rings is 1. The monoisotopic (exact) mass is 266 g/mol. The van der Waals surface area contributed by atoms with Crippen LogP contribution in [0.2, 0.25) is 0 Å². The maximum absolute atomic E-state index is 11.6. The Morgan fingerprint density at radius 3 is 2.83 bits per heavy atom. The average Bonchev–Trinajstić information content (AvgIpc) is 2.94. The highest BCUT2D eigenvalue weighted by molar-refractivity contribution is 7.11. The first-order valence-electron chi connectivity index (χ1n) is 5.10. The first kappa shape index (κ1) is 12.3. The summed E-state index contributed by atoms with van der Waals surface area (Å²) in [5.74, 6) is -2.07. The number of aryl methyl sites for hydroxylation is 1. The van der Waals surface area contributed by atoms with E-state index in [-0.39, 0.29) is 11.5 Å². The largest absolute Gasteiger partial charge is 0.475 e. The van der Waals surface area contributed by atoms with Crippen LogP contribution in [0, 0.1) is 6.92 Å². The van der Waals surface area contributed by atoms with Gasteiger partial charge in [-0.2, -0.15) is 0 Å². The van der Waals surface area contributed by atoms with Gasteiger partial charge in [0.1, 0.15) is 0 Å². The lowest BCUT2D eigenvalue weighted by Crippen LogP contribution is -2.22. The van der Waals surface area contributed by atoms with E-state index in [9.17, 15) is 9.59 Å². The van der Waals surface area contributed by atoms with Crippen LogP contribution in [0.5, 0.6) is 0 Å². The lowest BCUT2D eigenvalue weighted by molar-refractivity contribution is 0.0651. The van der Waals surface area contributed by atoms with Gasteiger partial charge in [-0.15, -0.1) is 11.3 Å². The minimum atomic E-state index is -1.25. The lowest BCUT2D eigenvalue weighted by Gasteiger charge is -1.99. The fraction of sp³-hybridized carbons (Fsp3) is 0.182. The zero-order chi connectivity index (χ0) is 13.1. The van der Waals surface area contributed by atoms with E-state index >= 15 is 0 Å². The van der Waals surface area contributed by atoms with Crippen LogP contribution in [0.15, 0.2) is 22.7 Å². The Labute approximate surface area is 106 Å². The molecule has 2 rings (SSSR count). The summed E-state index contributed by atoms with van der Waals surface area (Å²) in [5.41, 5.74) is -0.0410. The Balaban J connectivity index is 1.97. The van der Waals surface area contributed by atoms with Gasteiger partial charge in [0.05, 0.1) is 6.54 Å².